The number of para-hydroxylation sites is 2. The van der Waals surface area contributed by atoms with Crippen LogP contribution in [0.2, 0.25) is 0 Å². The molecule has 0 saturated carbocycles. The van der Waals surface area contributed by atoms with Gasteiger partial charge >= 0.3 is 0 Å². The third-order valence-corrected chi connectivity index (χ3v) is 5.70. The van der Waals surface area contributed by atoms with Gasteiger partial charge in [-0.05, 0) is 49.1 Å². The van der Waals surface area contributed by atoms with Gasteiger partial charge in [-0.25, -0.2) is 8.42 Å². The molecule has 1 aliphatic rings. The standard InChI is InChI=1S/C20H22N2O4S/c1-26-19-12-5-4-11-18(19)22-27(24,25)17-10-6-9-16(14-17)21-20(23)13-15-7-2-3-8-15/h2,4-7,9-12,14-15,22H,3,8,13H2,1H3,(H,21,23)/t15-/m1/s1. The van der Waals surface area contributed by atoms with Crippen molar-refractivity contribution in [1.29, 1.82) is 0 Å². The highest BCUT2D eigenvalue weighted by atomic mass is 32.2. The van der Waals surface area contributed by atoms with Gasteiger partial charge in [-0.1, -0.05) is 30.4 Å². The van der Waals surface area contributed by atoms with E-state index in [1.54, 1.807) is 36.4 Å². The maximum atomic E-state index is 12.7. The molecule has 3 rings (SSSR count). The first-order valence-electron chi connectivity index (χ1n) is 8.70. The third-order valence-electron chi connectivity index (χ3n) is 4.34. The smallest absolute Gasteiger partial charge is 0.262 e. The molecule has 1 aliphatic carbocycles. The van der Waals surface area contributed by atoms with Crippen LogP contribution in [0.25, 0.3) is 0 Å². The summed E-state index contributed by atoms with van der Waals surface area (Å²) in [4.78, 5) is 12.2. The number of methoxy groups -OCH3 is 1. The zero-order chi connectivity index (χ0) is 19.3. The largest absolute Gasteiger partial charge is 0.495 e. The first-order chi connectivity index (χ1) is 13.0. The minimum Gasteiger partial charge on any atom is -0.495 e. The minimum atomic E-state index is -3.82. The van der Waals surface area contributed by atoms with Crippen LogP contribution in [0.1, 0.15) is 19.3 Å². The van der Waals surface area contributed by atoms with Crippen molar-refractivity contribution >= 4 is 27.3 Å². The van der Waals surface area contributed by atoms with Crippen molar-refractivity contribution < 1.29 is 17.9 Å². The van der Waals surface area contributed by atoms with Crippen LogP contribution in [0, 0.1) is 5.92 Å². The van der Waals surface area contributed by atoms with E-state index in [1.165, 1.54) is 19.2 Å². The van der Waals surface area contributed by atoms with Crippen molar-refractivity contribution in [2.75, 3.05) is 17.1 Å². The molecule has 6 nitrogen and oxygen atoms in total. The highest BCUT2D eigenvalue weighted by Crippen LogP contribution is 2.27. The van der Waals surface area contributed by atoms with E-state index in [-0.39, 0.29) is 16.7 Å². The Morgan fingerprint density at radius 3 is 2.74 bits per heavy atom. The first kappa shape index (κ1) is 19.0. The molecule has 0 heterocycles. The van der Waals surface area contributed by atoms with Gasteiger partial charge in [0.05, 0.1) is 17.7 Å². The molecule has 1 atom stereocenters. The SMILES string of the molecule is COc1ccccc1NS(=O)(=O)c1cccc(NC(=O)C[C@@H]2C=CCC2)c1. The molecule has 0 aromatic heterocycles. The van der Waals surface area contributed by atoms with Crippen molar-refractivity contribution in [1.82, 2.24) is 0 Å². The second kappa shape index (κ2) is 8.26. The number of amides is 1. The fraction of sp³-hybridized carbons (Fsp3) is 0.250. The maximum Gasteiger partial charge on any atom is 0.262 e. The van der Waals surface area contributed by atoms with Gasteiger partial charge in [0.15, 0.2) is 0 Å². The molecule has 2 aromatic carbocycles. The summed E-state index contributed by atoms with van der Waals surface area (Å²) < 4.78 is 33.1. The molecule has 7 heteroatoms. The molecule has 0 saturated heterocycles. The molecule has 0 spiro atoms. The predicted octanol–water partition coefficient (Wildman–Crippen LogP) is 3.79. The van der Waals surface area contributed by atoms with E-state index < -0.39 is 10.0 Å². The number of hydrogen-bond acceptors (Lipinski definition) is 4. The van der Waals surface area contributed by atoms with Crippen LogP contribution in [-0.2, 0) is 14.8 Å². The lowest BCUT2D eigenvalue weighted by atomic mass is 10.1. The zero-order valence-corrected chi connectivity index (χ0v) is 15.8. The average Bonchev–Trinajstić information content (AvgIpc) is 3.15. The van der Waals surface area contributed by atoms with Crippen LogP contribution in [0.5, 0.6) is 5.75 Å². The lowest BCUT2D eigenvalue weighted by Crippen LogP contribution is -2.16. The Hall–Kier alpha value is -2.80. The summed E-state index contributed by atoms with van der Waals surface area (Å²) in [6.45, 7) is 0. The number of rotatable bonds is 7. The van der Waals surface area contributed by atoms with Crippen molar-refractivity contribution in [2.45, 2.75) is 24.2 Å². The lowest BCUT2D eigenvalue weighted by molar-refractivity contribution is -0.116. The van der Waals surface area contributed by atoms with Crippen molar-refractivity contribution in [3.8, 4) is 5.75 Å². The third kappa shape index (κ3) is 4.89. The summed E-state index contributed by atoms with van der Waals surface area (Å²) in [5.41, 5.74) is 0.798. The Balaban J connectivity index is 1.73. The van der Waals surface area contributed by atoms with Crippen molar-refractivity contribution in [3.63, 3.8) is 0 Å². The number of allylic oxidation sites excluding steroid dienone is 2. The highest BCUT2D eigenvalue weighted by molar-refractivity contribution is 7.92. The molecule has 2 aromatic rings. The maximum absolute atomic E-state index is 12.7. The number of anilines is 2. The molecule has 142 valence electrons. The van der Waals surface area contributed by atoms with E-state index in [0.29, 0.717) is 23.5 Å². The Kier molecular flexibility index (Phi) is 5.81. The van der Waals surface area contributed by atoms with Gasteiger partial charge in [0, 0.05) is 12.1 Å². The molecule has 0 aliphatic heterocycles. The van der Waals surface area contributed by atoms with Crippen molar-refractivity contribution in [2.24, 2.45) is 5.92 Å². The minimum absolute atomic E-state index is 0.0620. The van der Waals surface area contributed by atoms with Gasteiger partial charge in [0.1, 0.15) is 5.75 Å². The summed E-state index contributed by atoms with van der Waals surface area (Å²) in [6, 6.07) is 13.0. The lowest BCUT2D eigenvalue weighted by Gasteiger charge is -2.13. The number of nitrogens with one attached hydrogen (secondary N) is 2. The summed E-state index contributed by atoms with van der Waals surface area (Å²) in [5.74, 6) is 0.554. The van der Waals surface area contributed by atoms with E-state index >= 15 is 0 Å². The van der Waals surface area contributed by atoms with Crippen LogP contribution >= 0.6 is 0 Å². The van der Waals surface area contributed by atoms with Gasteiger partial charge < -0.3 is 10.1 Å². The molecule has 0 radical (unpaired) electrons. The average molecular weight is 386 g/mol. The number of carbonyl (C=O) groups is 1. The second-order valence-electron chi connectivity index (χ2n) is 6.35. The Labute approximate surface area is 159 Å². The van der Waals surface area contributed by atoms with Crippen LogP contribution in [0.4, 0.5) is 11.4 Å². The van der Waals surface area contributed by atoms with Gasteiger partial charge in [-0.2, -0.15) is 0 Å². The molecule has 0 unspecified atom stereocenters. The fourth-order valence-corrected chi connectivity index (χ4v) is 4.10. The monoisotopic (exact) mass is 386 g/mol. The second-order valence-corrected chi connectivity index (χ2v) is 8.03. The summed E-state index contributed by atoms with van der Waals surface area (Å²) in [5, 5.41) is 2.78. The van der Waals surface area contributed by atoms with Gasteiger partial charge in [0.25, 0.3) is 10.0 Å². The van der Waals surface area contributed by atoms with Crippen LogP contribution < -0.4 is 14.8 Å². The zero-order valence-electron chi connectivity index (χ0n) is 15.0. The Morgan fingerprint density at radius 2 is 2.00 bits per heavy atom. The van der Waals surface area contributed by atoms with Gasteiger partial charge in [-0.3, -0.25) is 9.52 Å². The van der Waals surface area contributed by atoms with E-state index in [9.17, 15) is 13.2 Å². The molecular formula is C20H22N2O4S. The predicted molar refractivity (Wildman–Crippen MR) is 105 cm³/mol. The molecule has 1 amide bonds. The van der Waals surface area contributed by atoms with Crippen LogP contribution in [0.15, 0.2) is 65.6 Å². The summed E-state index contributed by atoms with van der Waals surface area (Å²) in [7, 11) is -2.34. The summed E-state index contributed by atoms with van der Waals surface area (Å²) >= 11 is 0. The van der Waals surface area contributed by atoms with Gasteiger partial charge in [0.2, 0.25) is 5.91 Å². The topological polar surface area (TPSA) is 84.5 Å². The van der Waals surface area contributed by atoms with Crippen LogP contribution in [-0.4, -0.2) is 21.4 Å². The number of ether oxygens (including phenoxy) is 1. The van der Waals surface area contributed by atoms with Crippen molar-refractivity contribution in [3.05, 3.63) is 60.7 Å². The molecule has 0 fully saturated rings. The Morgan fingerprint density at radius 1 is 1.19 bits per heavy atom. The number of benzene rings is 2. The molecule has 0 bridgehead atoms. The normalized spacial score (nSPS) is 16.1. The Bertz CT molecular complexity index is 954. The van der Waals surface area contributed by atoms with E-state index in [1.807, 2.05) is 0 Å². The fourth-order valence-electron chi connectivity index (χ4n) is 2.99. The quantitative estimate of drug-likeness (QED) is 0.709. The molecule has 27 heavy (non-hydrogen) atoms. The van der Waals surface area contributed by atoms with E-state index in [4.69, 9.17) is 4.74 Å². The van der Waals surface area contributed by atoms with E-state index in [0.717, 1.165) is 12.8 Å². The van der Waals surface area contributed by atoms with E-state index in [2.05, 4.69) is 22.2 Å². The number of sulfonamides is 1. The number of hydrogen-bond donors (Lipinski definition) is 2. The van der Waals surface area contributed by atoms with Gasteiger partial charge in [-0.15, -0.1) is 0 Å². The van der Waals surface area contributed by atoms with Crippen LogP contribution in [0.3, 0.4) is 0 Å². The molecular weight excluding hydrogens is 364 g/mol. The highest BCUT2D eigenvalue weighted by Gasteiger charge is 2.18. The molecule has 2 N–H and O–H groups in total. The first-order valence-corrected chi connectivity index (χ1v) is 10.2. The summed E-state index contributed by atoms with van der Waals surface area (Å²) in [6.07, 6.45) is 6.50. The number of carbonyl (C=O) groups excluding carboxylic acids is 1.